The Bertz CT molecular complexity index is 104. The van der Waals surface area contributed by atoms with Crippen molar-refractivity contribution in [2.24, 2.45) is 0 Å². The van der Waals surface area contributed by atoms with Gasteiger partial charge in [0.05, 0.1) is 0 Å². The number of rotatable bonds is 10. The van der Waals surface area contributed by atoms with Crippen LogP contribution in [0.25, 0.3) is 0 Å². The molecule has 0 bridgehead atoms. The first-order valence-electron chi connectivity index (χ1n) is 6.01. The molecule has 0 N–H and O–H groups in total. The summed E-state index contributed by atoms with van der Waals surface area (Å²) in [6, 6.07) is 0. The quantitative estimate of drug-likeness (QED) is 0.355. The number of halogens is 2. The van der Waals surface area contributed by atoms with Gasteiger partial charge < -0.3 is 0 Å². The molecule has 2 heteroatoms. The van der Waals surface area contributed by atoms with E-state index in [0.29, 0.717) is 11.3 Å². The van der Waals surface area contributed by atoms with Gasteiger partial charge in [-0.05, 0) is 12.8 Å². The van der Waals surface area contributed by atoms with Crippen LogP contribution in [-0.2, 0) is 0 Å². The molecule has 1 atom stereocenters. The van der Waals surface area contributed by atoms with Gasteiger partial charge in [0.25, 0.3) is 0 Å². The van der Waals surface area contributed by atoms with Gasteiger partial charge in [0, 0.05) is 11.3 Å². The Morgan fingerprint density at radius 3 is 2.00 bits per heavy atom. The molecule has 0 saturated carbocycles. The summed E-state index contributed by atoms with van der Waals surface area (Å²) in [5, 5.41) is 0.308. The van der Waals surface area contributed by atoms with Gasteiger partial charge in [-0.15, -0.1) is 23.2 Å². The molecule has 0 aromatic carbocycles. The van der Waals surface area contributed by atoms with Crippen LogP contribution in [0.2, 0.25) is 0 Å². The summed E-state index contributed by atoms with van der Waals surface area (Å²) in [7, 11) is 0. The molecule has 0 spiro atoms. The average molecular weight is 239 g/mol. The van der Waals surface area contributed by atoms with Crippen LogP contribution in [0.1, 0.15) is 64.7 Å². The SMILES string of the molecule is CCCCCCCCCC(Cl)CCCl. The highest BCUT2D eigenvalue weighted by molar-refractivity contribution is 6.22. The van der Waals surface area contributed by atoms with Crippen LogP contribution >= 0.6 is 23.2 Å². The maximum atomic E-state index is 6.06. The average Bonchev–Trinajstić information content (AvgIpc) is 2.17. The van der Waals surface area contributed by atoms with E-state index >= 15 is 0 Å². The third-order valence-electron chi connectivity index (χ3n) is 2.54. The zero-order chi connectivity index (χ0) is 10.6. The van der Waals surface area contributed by atoms with Crippen molar-refractivity contribution in [3.63, 3.8) is 0 Å². The zero-order valence-electron chi connectivity index (χ0n) is 9.40. The number of hydrogen-bond acceptors (Lipinski definition) is 0. The van der Waals surface area contributed by atoms with E-state index in [1.54, 1.807) is 0 Å². The van der Waals surface area contributed by atoms with E-state index in [4.69, 9.17) is 23.2 Å². The zero-order valence-corrected chi connectivity index (χ0v) is 10.9. The lowest BCUT2D eigenvalue weighted by Crippen LogP contribution is -1.98. The van der Waals surface area contributed by atoms with E-state index < -0.39 is 0 Å². The number of hydrogen-bond donors (Lipinski definition) is 0. The van der Waals surface area contributed by atoms with Crippen LogP contribution < -0.4 is 0 Å². The first kappa shape index (κ1) is 14.6. The van der Waals surface area contributed by atoms with Crippen LogP contribution in [0.5, 0.6) is 0 Å². The molecule has 0 amide bonds. The third-order valence-corrected chi connectivity index (χ3v) is 3.20. The second-order valence-corrected chi connectivity index (χ2v) is 4.98. The van der Waals surface area contributed by atoms with E-state index in [0.717, 1.165) is 12.8 Å². The molecule has 0 aliphatic heterocycles. The summed E-state index contributed by atoms with van der Waals surface area (Å²) in [4.78, 5) is 0. The number of unbranched alkanes of at least 4 members (excludes halogenated alkanes) is 6. The maximum absolute atomic E-state index is 6.06. The van der Waals surface area contributed by atoms with Crippen LogP contribution in [-0.4, -0.2) is 11.3 Å². The minimum absolute atomic E-state index is 0.308. The Balaban J connectivity index is 2.98. The van der Waals surface area contributed by atoms with Crippen molar-refractivity contribution in [2.75, 3.05) is 5.88 Å². The van der Waals surface area contributed by atoms with Gasteiger partial charge in [-0.1, -0.05) is 51.9 Å². The molecule has 0 aliphatic rings. The molecule has 0 nitrogen and oxygen atoms in total. The van der Waals surface area contributed by atoms with E-state index in [9.17, 15) is 0 Å². The van der Waals surface area contributed by atoms with Gasteiger partial charge in [-0.2, -0.15) is 0 Å². The predicted octanol–water partition coefficient (Wildman–Crippen LogP) is 5.36. The van der Waals surface area contributed by atoms with Crippen molar-refractivity contribution in [3.8, 4) is 0 Å². The molecule has 0 radical (unpaired) electrons. The smallest absolute Gasteiger partial charge is 0.0347 e. The lowest BCUT2D eigenvalue weighted by molar-refractivity contribution is 0.565. The van der Waals surface area contributed by atoms with E-state index in [-0.39, 0.29) is 0 Å². The highest BCUT2D eigenvalue weighted by Crippen LogP contribution is 2.14. The second-order valence-electron chi connectivity index (χ2n) is 3.98. The highest BCUT2D eigenvalue weighted by atomic mass is 35.5. The van der Waals surface area contributed by atoms with Gasteiger partial charge in [0.2, 0.25) is 0 Å². The van der Waals surface area contributed by atoms with Gasteiger partial charge >= 0.3 is 0 Å². The summed E-state index contributed by atoms with van der Waals surface area (Å²) in [5.74, 6) is 0.699. The summed E-state index contributed by atoms with van der Waals surface area (Å²) in [5.41, 5.74) is 0. The van der Waals surface area contributed by atoms with E-state index in [1.165, 1.54) is 44.9 Å². The Morgan fingerprint density at radius 2 is 1.43 bits per heavy atom. The monoisotopic (exact) mass is 238 g/mol. The molecular formula is C12H24Cl2. The van der Waals surface area contributed by atoms with Crippen molar-refractivity contribution in [1.29, 1.82) is 0 Å². The molecule has 0 aromatic rings. The highest BCUT2D eigenvalue weighted by Gasteiger charge is 2.02. The van der Waals surface area contributed by atoms with Crippen molar-refractivity contribution < 1.29 is 0 Å². The fraction of sp³-hybridized carbons (Fsp3) is 1.00. The molecule has 14 heavy (non-hydrogen) atoms. The molecule has 0 rings (SSSR count). The molecule has 0 heterocycles. The van der Waals surface area contributed by atoms with Crippen molar-refractivity contribution >= 4 is 23.2 Å². The van der Waals surface area contributed by atoms with E-state index in [1.807, 2.05) is 0 Å². The Labute approximate surface area is 99.4 Å². The minimum atomic E-state index is 0.308. The standard InChI is InChI=1S/C12H24Cl2/c1-2-3-4-5-6-7-8-9-12(14)10-11-13/h12H,2-11H2,1H3. The lowest BCUT2D eigenvalue weighted by Gasteiger charge is -2.06. The van der Waals surface area contributed by atoms with Crippen molar-refractivity contribution in [1.82, 2.24) is 0 Å². The van der Waals surface area contributed by atoms with Crippen molar-refractivity contribution in [2.45, 2.75) is 70.1 Å². The molecule has 0 saturated heterocycles. The first-order valence-corrected chi connectivity index (χ1v) is 6.98. The van der Waals surface area contributed by atoms with Crippen molar-refractivity contribution in [3.05, 3.63) is 0 Å². The molecule has 86 valence electrons. The summed E-state index contributed by atoms with van der Waals surface area (Å²) >= 11 is 11.7. The second kappa shape index (κ2) is 11.7. The van der Waals surface area contributed by atoms with Gasteiger partial charge in [0.1, 0.15) is 0 Å². The normalized spacial score (nSPS) is 13.1. The molecule has 0 fully saturated rings. The van der Waals surface area contributed by atoms with Gasteiger partial charge in [0.15, 0.2) is 0 Å². The van der Waals surface area contributed by atoms with E-state index in [2.05, 4.69) is 6.92 Å². The topological polar surface area (TPSA) is 0 Å². The Kier molecular flexibility index (Phi) is 12.1. The Morgan fingerprint density at radius 1 is 0.857 bits per heavy atom. The molecule has 0 aliphatic carbocycles. The third kappa shape index (κ3) is 10.7. The fourth-order valence-corrected chi connectivity index (χ4v) is 2.22. The van der Waals surface area contributed by atoms with Crippen LogP contribution in [0, 0.1) is 0 Å². The summed E-state index contributed by atoms with van der Waals surface area (Å²) in [6.07, 6.45) is 11.6. The molecule has 0 aromatic heterocycles. The molecule has 1 unspecified atom stereocenters. The minimum Gasteiger partial charge on any atom is -0.127 e. The molecular weight excluding hydrogens is 215 g/mol. The largest absolute Gasteiger partial charge is 0.127 e. The first-order chi connectivity index (χ1) is 6.81. The predicted molar refractivity (Wildman–Crippen MR) is 67.6 cm³/mol. The fourth-order valence-electron chi connectivity index (χ4n) is 1.59. The van der Waals surface area contributed by atoms with Crippen LogP contribution in [0.15, 0.2) is 0 Å². The number of alkyl halides is 2. The van der Waals surface area contributed by atoms with Gasteiger partial charge in [-0.3, -0.25) is 0 Å². The Hall–Kier alpha value is 0.580. The van der Waals surface area contributed by atoms with Crippen LogP contribution in [0.4, 0.5) is 0 Å². The lowest BCUT2D eigenvalue weighted by atomic mass is 10.1. The van der Waals surface area contributed by atoms with Gasteiger partial charge in [-0.25, -0.2) is 0 Å². The maximum Gasteiger partial charge on any atom is 0.0347 e. The summed E-state index contributed by atoms with van der Waals surface area (Å²) in [6.45, 7) is 2.25. The van der Waals surface area contributed by atoms with Crippen LogP contribution in [0.3, 0.4) is 0 Å². The summed E-state index contributed by atoms with van der Waals surface area (Å²) < 4.78 is 0.